The van der Waals surface area contributed by atoms with Gasteiger partial charge in [-0.1, -0.05) is 61.5 Å². The van der Waals surface area contributed by atoms with E-state index in [0.29, 0.717) is 29.0 Å². The van der Waals surface area contributed by atoms with Gasteiger partial charge in [-0.15, -0.1) is 0 Å². The molecule has 214 valence electrons. The number of benzene rings is 2. The number of carbonyl (C=O) groups is 1. The van der Waals surface area contributed by atoms with Crippen molar-refractivity contribution in [2.75, 3.05) is 19.3 Å². The number of nitrogens with one attached hydrogen (secondary N) is 1. The number of hydrogen-bond donors (Lipinski definition) is 1. The maximum absolute atomic E-state index is 12.4. The fourth-order valence-electron chi connectivity index (χ4n) is 4.34. The van der Waals surface area contributed by atoms with E-state index in [-0.39, 0.29) is 17.6 Å². The van der Waals surface area contributed by atoms with E-state index in [0.717, 1.165) is 40.9 Å². The van der Waals surface area contributed by atoms with E-state index >= 15 is 0 Å². The monoisotopic (exact) mass is 582 g/mol. The number of ether oxygens (including phenoxy) is 2. The normalized spacial score (nSPS) is 14.9. The van der Waals surface area contributed by atoms with Crippen molar-refractivity contribution in [3.63, 3.8) is 0 Å². The third-order valence-electron chi connectivity index (χ3n) is 6.94. The molecule has 1 saturated heterocycles. The first-order valence-electron chi connectivity index (χ1n) is 13.3. The number of nitrogens with zero attached hydrogens (tertiary/aromatic N) is 3. The van der Waals surface area contributed by atoms with Gasteiger partial charge < -0.3 is 14.4 Å². The topological polar surface area (TPSA) is 87.0 Å². The van der Waals surface area contributed by atoms with E-state index < -0.39 is 5.60 Å². The molecule has 0 aromatic heterocycles. The largest absolute Gasteiger partial charge is 0.490 e. The Hall–Kier alpha value is -3.15. The molecule has 1 aliphatic rings. The Morgan fingerprint density at radius 3 is 2.33 bits per heavy atom. The first-order valence-corrected chi connectivity index (χ1v) is 14.9. The number of amides is 1. The summed E-state index contributed by atoms with van der Waals surface area (Å²) in [6.07, 6.45) is 5.00. The van der Waals surface area contributed by atoms with Crippen molar-refractivity contribution in [1.82, 2.24) is 10.2 Å². The minimum atomic E-state index is -0.506. The smallest absolute Gasteiger partial charge is 0.410 e. The highest BCUT2D eigenvalue weighted by Gasteiger charge is 2.29. The lowest BCUT2D eigenvalue weighted by atomic mass is 9.75. The van der Waals surface area contributed by atoms with Gasteiger partial charge in [0.1, 0.15) is 17.5 Å². The summed E-state index contributed by atoms with van der Waals surface area (Å²) in [6, 6.07) is 11.8. The van der Waals surface area contributed by atoms with Crippen molar-refractivity contribution < 1.29 is 14.3 Å². The molecule has 0 saturated carbocycles. The van der Waals surface area contributed by atoms with Crippen LogP contribution in [0.2, 0.25) is 5.02 Å². The first-order chi connectivity index (χ1) is 18.7. The number of piperidine rings is 1. The van der Waals surface area contributed by atoms with Crippen LogP contribution in [-0.4, -0.2) is 47.2 Å². The molecule has 9 heteroatoms. The van der Waals surface area contributed by atoms with E-state index in [1.165, 1.54) is 11.8 Å². The quantitative estimate of drug-likeness (QED) is 0.122. The van der Waals surface area contributed by atoms with Crippen LogP contribution in [0, 0.1) is 11.5 Å². The molecule has 1 aliphatic heterocycles. The Morgan fingerprint density at radius 2 is 1.80 bits per heavy atom. The van der Waals surface area contributed by atoms with Gasteiger partial charge in [0.25, 0.3) is 0 Å². The number of likely N-dealkylation sites (tertiary alicyclic amines) is 1. The third-order valence-corrected chi connectivity index (χ3v) is 7.82. The summed E-state index contributed by atoms with van der Waals surface area (Å²) in [5.41, 5.74) is 3.61. The molecule has 0 atom stereocenters. The summed E-state index contributed by atoms with van der Waals surface area (Å²) in [7, 11) is 0. The number of nitriles is 1. The lowest BCUT2D eigenvalue weighted by molar-refractivity contribution is 0.0126. The molecule has 0 aliphatic carbocycles. The predicted molar refractivity (Wildman–Crippen MR) is 166 cm³/mol. The second kappa shape index (κ2) is 13.0. The minimum Gasteiger partial charge on any atom is -0.490 e. The number of carbonyl (C=O) groups excluding carboxylic acids is 1. The SMILES string of the molecule is C=C(C)C(C)(C)c1cc(N=C(NC#N)SC)cc(Cl)c1-c1ccc(OC2CCN(C(=O)OC(C)(C)C)CC2)cc1. The van der Waals surface area contributed by atoms with E-state index in [4.69, 9.17) is 26.3 Å². The fourth-order valence-corrected chi connectivity index (χ4v) is 5.01. The average molecular weight is 583 g/mol. The summed E-state index contributed by atoms with van der Waals surface area (Å²) in [5.74, 6) is 0.768. The Labute approximate surface area is 247 Å². The van der Waals surface area contributed by atoms with Gasteiger partial charge in [0.05, 0.1) is 10.7 Å². The maximum atomic E-state index is 12.4. The summed E-state index contributed by atoms with van der Waals surface area (Å²) in [5, 5.41) is 12.7. The van der Waals surface area contributed by atoms with E-state index in [1.54, 1.807) is 4.90 Å². The van der Waals surface area contributed by atoms with E-state index in [1.807, 2.05) is 76.5 Å². The van der Waals surface area contributed by atoms with Crippen molar-refractivity contribution >= 4 is 40.3 Å². The predicted octanol–water partition coefficient (Wildman–Crippen LogP) is 8.06. The number of aliphatic imine (C=N–C) groups is 1. The van der Waals surface area contributed by atoms with Crippen LogP contribution in [0.15, 0.2) is 53.5 Å². The molecular weight excluding hydrogens is 544 g/mol. The van der Waals surface area contributed by atoms with Crippen LogP contribution >= 0.6 is 23.4 Å². The summed E-state index contributed by atoms with van der Waals surface area (Å²) < 4.78 is 11.8. The number of amidine groups is 1. The highest BCUT2D eigenvalue weighted by molar-refractivity contribution is 8.13. The number of thioether (sulfide) groups is 1. The molecule has 7 nitrogen and oxygen atoms in total. The molecule has 0 radical (unpaired) electrons. The zero-order valence-corrected chi connectivity index (χ0v) is 26.0. The molecular formula is C31H39ClN4O3S. The van der Waals surface area contributed by atoms with E-state index in [9.17, 15) is 4.79 Å². The average Bonchev–Trinajstić information content (AvgIpc) is 2.88. The number of halogens is 1. The van der Waals surface area contributed by atoms with Gasteiger partial charge in [-0.25, -0.2) is 9.79 Å². The van der Waals surface area contributed by atoms with Crippen LogP contribution in [0.3, 0.4) is 0 Å². The highest BCUT2D eigenvalue weighted by atomic mass is 35.5. The second-order valence-corrected chi connectivity index (χ2v) is 12.6. The Bertz CT molecular complexity index is 1300. The van der Waals surface area contributed by atoms with Gasteiger partial charge in [0, 0.05) is 36.9 Å². The van der Waals surface area contributed by atoms with Crippen LogP contribution in [0.1, 0.15) is 59.9 Å². The van der Waals surface area contributed by atoms with Crippen LogP contribution in [0.25, 0.3) is 11.1 Å². The van der Waals surface area contributed by atoms with Crippen molar-refractivity contribution in [3.8, 4) is 23.1 Å². The van der Waals surface area contributed by atoms with Crippen molar-refractivity contribution in [3.05, 3.63) is 59.1 Å². The van der Waals surface area contributed by atoms with Gasteiger partial charge in [-0.05, 0) is 69.3 Å². The molecule has 0 bridgehead atoms. The van der Waals surface area contributed by atoms with Crippen molar-refractivity contribution in [1.29, 1.82) is 5.26 Å². The van der Waals surface area contributed by atoms with Crippen molar-refractivity contribution in [2.24, 2.45) is 4.99 Å². The zero-order valence-electron chi connectivity index (χ0n) is 24.4. The molecule has 1 amide bonds. The van der Waals surface area contributed by atoms with Gasteiger partial charge >= 0.3 is 6.09 Å². The summed E-state index contributed by atoms with van der Waals surface area (Å²) in [4.78, 5) is 18.7. The molecule has 3 rings (SSSR count). The lowest BCUT2D eigenvalue weighted by Crippen LogP contribution is -2.44. The molecule has 2 aromatic rings. The summed E-state index contributed by atoms with van der Waals surface area (Å²) >= 11 is 8.24. The first kappa shape index (κ1) is 31.4. The van der Waals surface area contributed by atoms with E-state index in [2.05, 4.69) is 30.7 Å². The fraction of sp³-hybridized carbons (Fsp3) is 0.452. The molecule has 40 heavy (non-hydrogen) atoms. The molecule has 2 aromatic carbocycles. The van der Waals surface area contributed by atoms with Gasteiger partial charge in [-0.3, -0.25) is 5.32 Å². The summed E-state index contributed by atoms with van der Waals surface area (Å²) in [6.45, 7) is 17.3. The van der Waals surface area contributed by atoms with Crippen LogP contribution in [0.4, 0.5) is 10.5 Å². The third kappa shape index (κ3) is 7.96. The maximum Gasteiger partial charge on any atom is 0.410 e. The number of hydrogen-bond acceptors (Lipinski definition) is 6. The second-order valence-electron chi connectivity index (χ2n) is 11.4. The lowest BCUT2D eigenvalue weighted by Gasteiger charge is -2.33. The Kier molecular flexibility index (Phi) is 10.2. The number of rotatable bonds is 6. The number of allylic oxidation sites excluding steroid dienone is 1. The van der Waals surface area contributed by atoms with Gasteiger partial charge in [0.2, 0.25) is 0 Å². The van der Waals surface area contributed by atoms with Crippen molar-refractivity contribution in [2.45, 2.75) is 71.5 Å². The Balaban J connectivity index is 1.83. The Morgan fingerprint density at radius 1 is 1.18 bits per heavy atom. The molecule has 0 spiro atoms. The molecule has 1 N–H and O–H groups in total. The molecule has 1 heterocycles. The van der Waals surface area contributed by atoms with Gasteiger partial charge in [-0.2, -0.15) is 5.26 Å². The van der Waals surface area contributed by atoms with Crippen LogP contribution in [0.5, 0.6) is 5.75 Å². The standard InChI is InChI=1S/C31H39ClN4O3S/c1-20(2)31(6,7)25-17-22(35-28(40-8)34-19-33)18-26(32)27(25)21-9-11-23(12-10-21)38-24-13-15-36(16-14-24)29(37)39-30(3,4)5/h9-12,17-18,24H,1,13-16H2,2-8H3,(H,34,35). The van der Waals surface area contributed by atoms with Crippen LogP contribution in [-0.2, 0) is 10.2 Å². The van der Waals surface area contributed by atoms with Gasteiger partial charge in [0.15, 0.2) is 11.4 Å². The minimum absolute atomic E-state index is 0.0239. The highest BCUT2D eigenvalue weighted by Crippen LogP contribution is 2.44. The molecule has 1 fully saturated rings. The molecule has 0 unspecified atom stereocenters. The zero-order chi connectivity index (χ0) is 29.7. The van der Waals surface area contributed by atoms with Crippen LogP contribution < -0.4 is 10.1 Å².